The van der Waals surface area contributed by atoms with Crippen molar-refractivity contribution < 1.29 is 13.2 Å². The Morgan fingerprint density at radius 2 is 1.89 bits per heavy atom. The second-order valence-corrected chi connectivity index (χ2v) is 9.92. The molecule has 0 bridgehead atoms. The van der Waals surface area contributed by atoms with Gasteiger partial charge in [-0.3, -0.25) is 9.69 Å². The Morgan fingerprint density at radius 3 is 2.57 bits per heavy atom. The van der Waals surface area contributed by atoms with E-state index in [-0.39, 0.29) is 23.8 Å². The Kier molecular flexibility index (Phi) is 6.87. The van der Waals surface area contributed by atoms with Gasteiger partial charge in [0.1, 0.15) is 0 Å². The van der Waals surface area contributed by atoms with E-state index >= 15 is 0 Å². The summed E-state index contributed by atoms with van der Waals surface area (Å²) in [4.78, 5) is 18.2. The summed E-state index contributed by atoms with van der Waals surface area (Å²) in [5.41, 5.74) is 1.59. The molecule has 1 amide bonds. The van der Waals surface area contributed by atoms with Gasteiger partial charge in [0.15, 0.2) is 0 Å². The molecule has 1 saturated heterocycles. The van der Waals surface area contributed by atoms with E-state index in [0.717, 1.165) is 25.2 Å². The highest BCUT2D eigenvalue weighted by atomic mass is 32.2. The lowest BCUT2D eigenvalue weighted by atomic mass is 10.2. The first kappa shape index (κ1) is 21.0. The number of benzene rings is 1. The molecule has 6 nitrogen and oxygen atoms in total. The molecule has 0 radical (unpaired) electrons. The van der Waals surface area contributed by atoms with E-state index in [1.165, 1.54) is 4.88 Å². The van der Waals surface area contributed by atoms with Crippen LogP contribution in [0.5, 0.6) is 0 Å². The third kappa shape index (κ3) is 5.41. The minimum absolute atomic E-state index is 0.000521. The lowest BCUT2D eigenvalue weighted by Crippen LogP contribution is -2.48. The molecule has 1 aromatic carbocycles. The maximum Gasteiger partial charge on any atom is 0.240 e. The number of carbonyl (C=O) groups excluding carboxylic acids is 1. The van der Waals surface area contributed by atoms with Gasteiger partial charge in [0.05, 0.1) is 4.90 Å². The van der Waals surface area contributed by atoms with Gasteiger partial charge in [-0.2, -0.15) is 0 Å². The van der Waals surface area contributed by atoms with E-state index in [1.807, 2.05) is 17.9 Å². The Hall–Kier alpha value is -1.74. The molecule has 1 aromatic heterocycles. The van der Waals surface area contributed by atoms with Gasteiger partial charge in [-0.1, -0.05) is 18.2 Å². The van der Waals surface area contributed by atoms with Crippen LogP contribution in [0, 0.1) is 13.8 Å². The number of hydrogen-bond donors (Lipinski definition) is 1. The minimum atomic E-state index is -3.61. The number of thiophene rings is 1. The highest BCUT2D eigenvalue weighted by Gasteiger charge is 2.22. The smallest absolute Gasteiger partial charge is 0.240 e. The lowest BCUT2D eigenvalue weighted by molar-refractivity contribution is -0.132. The van der Waals surface area contributed by atoms with Crippen molar-refractivity contribution in [3.8, 4) is 0 Å². The molecule has 3 rings (SSSR count). The number of nitrogens with zero attached hydrogens (tertiary/aromatic N) is 2. The van der Waals surface area contributed by atoms with Crippen LogP contribution in [0.1, 0.15) is 22.4 Å². The predicted octanol–water partition coefficient (Wildman–Crippen LogP) is 2.38. The van der Waals surface area contributed by atoms with E-state index in [1.54, 1.807) is 30.4 Å². The molecule has 2 aromatic rings. The van der Waals surface area contributed by atoms with E-state index in [9.17, 15) is 13.2 Å². The molecule has 0 unspecified atom stereocenters. The predicted molar refractivity (Wildman–Crippen MR) is 112 cm³/mol. The number of aryl methyl sites for hydroxylation is 2. The Balaban J connectivity index is 1.45. The van der Waals surface area contributed by atoms with Gasteiger partial charge >= 0.3 is 0 Å². The Labute approximate surface area is 171 Å². The van der Waals surface area contributed by atoms with Crippen molar-refractivity contribution in [1.82, 2.24) is 14.5 Å². The molecule has 2 heterocycles. The molecular weight excluding hydrogens is 394 g/mol. The molecule has 1 fully saturated rings. The van der Waals surface area contributed by atoms with Crippen molar-refractivity contribution >= 4 is 27.3 Å². The number of amides is 1. The molecule has 0 aliphatic carbocycles. The normalized spacial score (nSPS) is 15.7. The summed E-state index contributed by atoms with van der Waals surface area (Å²) in [6.07, 6.45) is 0.176. The van der Waals surface area contributed by atoms with Crippen LogP contribution in [0.4, 0.5) is 0 Å². The summed E-state index contributed by atoms with van der Waals surface area (Å²) in [7, 11) is -3.61. The third-order valence-corrected chi connectivity index (χ3v) is 7.41. The molecule has 1 aliphatic heterocycles. The molecule has 1 aliphatic rings. The number of carbonyl (C=O) groups is 1. The lowest BCUT2D eigenvalue weighted by Gasteiger charge is -2.34. The number of piperazine rings is 1. The average Bonchev–Trinajstić information content (AvgIpc) is 3.17. The summed E-state index contributed by atoms with van der Waals surface area (Å²) in [5, 5.41) is 2.08. The first-order chi connectivity index (χ1) is 13.3. The first-order valence-electron chi connectivity index (χ1n) is 9.44. The Morgan fingerprint density at radius 1 is 1.14 bits per heavy atom. The summed E-state index contributed by atoms with van der Waals surface area (Å²) >= 11 is 1.75. The number of rotatable bonds is 7. The molecular formula is C20H27N3O3S2. The molecule has 152 valence electrons. The highest BCUT2D eigenvalue weighted by molar-refractivity contribution is 7.89. The Bertz CT molecular complexity index is 903. The first-order valence-corrected chi connectivity index (χ1v) is 11.8. The van der Waals surface area contributed by atoms with Crippen molar-refractivity contribution in [2.45, 2.75) is 31.7 Å². The van der Waals surface area contributed by atoms with Crippen LogP contribution in [0.2, 0.25) is 0 Å². The van der Waals surface area contributed by atoms with Gasteiger partial charge in [-0.15, -0.1) is 11.3 Å². The van der Waals surface area contributed by atoms with Gasteiger partial charge in [0.2, 0.25) is 15.9 Å². The standard InChI is InChI=1S/C20H27N3O3S2/c1-16-5-6-17(2)19(14-16)28(25,26)21-8-7-20(24)23-11-9-22(10-12-23)15-18-4-3-13-27-18/h3-6,13-14,21H,7-12,15H2,1-2H3. The average molecular weight is 422 g/mol. The van der Waals surface area contributed by atoms with Gasteiger partial charge in [-0.25, -0.2) is 13.1 Å². The van der Waals surface area contributed by atoms with Crippen molar-refractivity contribution in [3.05, 3.63) is 51.7 Å². The highest BCUT2D eigenvalue weighted by Crippen LogP contribution is 2.17. The van der Waals surface area contributed by atoms with E-state index in [4.69, 9.17) is 0 Å². The van der Waals surface area contributed by atoms with E-state index < -0.39 is 10.0 Å². The molecule has 8 heteroatoms. The van der Waals surface area contributed by atoms with E-state index in [0.29, 0.717) is 18.7 Å². The summed E-state index contributed by atoms with van der Waals surface area (Å²) < 4.78 is 27.6. The molecule has 0 saturated carbocycles. The van der Waals surface area contributed by atoms with Gasteiger partial charge in [-0.05, 0) is 42.5 Å². The van der Waals surface area contributed by atoms with Crippen LogP contribution in [0.3, 0.4) is 0 Å². The van der Waals surface area contributed by atoms with E-state index in [2.05, 4.69) is 27.1 Å². The quantitative estimate of drug-likeness (QED) is 0.745. The molecule has 1 N–H and O–H groups in total. The summed E-state index contributed by atoms with van der Waals surface area (Å²) in [6, 6.07) is 9.52. The van der Waals surface area contributed by atoms with Gasteiger partial charge < -0.3 is 4.90 Å². The van der Waals surface area contributed by atoms with Gasteiger partial charge in [0, 0.05) is 50.6 Å². The maximum absolute atomic E-state index is 12.5. The van der Waals surface area contributed by atoms with Crippen molar-refractivity contribution in [1.29, 1.82) is 0 Å². The number of hydrogen-bond acceptors (Lipinski definition) is 5. The van der Waals surface area contributed by atoms with Crippen LogP contribution >= 0.6 is 11.3 Å². The minimum Gasteiger partial charge on any atom is -0.340 e. The van der Waals surface area contributed by atoms with Crippen molar-refractivity contribution in [2.24, 2.45) is 0 Å². The summed E-state index contributed by atoms with van der Waals surface area (Å²) in [5.74, 6) is -0.000521. The zero-order valence-corrected chi connectivity index (χ0v) is 18.0. The molecule has 0 spiro atoms. The fourth-order valence-corrected chi connectivity index (χ4v) is 5.41. The topological polar surface area (TPSA) is 69.7 Å². The van der Waals surface area contributed by atoms with Crippen LogP contribution < -0.4 is 4.72 Å². The second kappa shape index (κ2) is 9.17. The van der Waals surface area contributed by atoms with Crippen LogP contribution in [0.15, 0.2) is 40.6 Å². The maximum atomic E-state index is 12.5. The molecule has 28 heavy (non-hydrogen) atoms. The van der Waals surface area contributed by atoms with Crippen LogP contribution in [0.25, 0.3) is 0 Å². The second-order valence-electron chi connectivity index (χ2n) is 7.15. The number of sulfonamides is 1. The molecule has 0 atom stereocenters. The third-order valence-electron chi connectivity index (χ3n) is 4.95. The van der Waals surface area contributed by atoms with Crippen LogP contribution in [-0.4, -0.2) is 56.8 Å². The summed E-state index contributed by atoms with van der Waals surface area (Å²) in [6.45, 7) is 7.74. The monoisotopic (exact) mass is 421 g/mol. The van der Waals surface area contributed by atoms with Crippen LogP contribution in [-0.2, 0) is 21.4 Å². The number of nitrogens with one attached hydrogen (secondary N) is 1. The van der Waals surface area contributed by atoms with Gasteiger partial charge in [0.25, 0.3) is 0 Å². The SMILES string of the molecule is Cc1ccc(C)c(S(=O)(=O)NCCC(=O)N2CCN(Cc3cccs3)CC2)c1. The zero-order chi connectivity index (χ0) is 20.1. The zero-order valence-electron chi connectivity index (χ0n) is 16.3. The van der Waals surface area contributed by atoms with Crippen molar-refractivity contribution in [3.63, 3.8) is 0 Å². The van der Waals surface area contributed by atoms with Crippen molar-refractivity contribution in [2.75, 3.05) is 32.7 Å². The fourth-order valence-electron chi connectivity index (χ4n) is 3.30. The fraction of sp³-hybridized carbons (Fsp3) is 0.450. The largest absolute Gasteiger partial charge is 0.340 e.